The third-order valence-corrected chi connectivity index (χ3v) is 7.38. The highest BCUT2D eigenvalue weighted by atomic mass is 16.5. The summed E-state index contributed by atoms with van der Waals surface area (Å²) >= 11 is 0. The van der Waals surface area contributed by atoms with Gasteiger partial charge in [-0.3, -0.25) is 14.4 Å². The molecule has 2 N–H and O–H groups in total. The highest BCUT2D eigenvalue weighted by Gasteiger charge is 2.79. The van der Waals surface area contributed by atoms with E-state index in [4.69, 9.17) is 4.74 Å². The zero-order valence-corrected chi connectivity index (χ0v) is 19.1. The number of aliphatic hydroxyl groups is 1. The number of hydrogen-bond donors (Lipinski definition) is 2. The molecule has 3 fully saturated rings. The van der Waals surface area contributed by atoms with Crippen molar-refractivity contribution >= 4 is 17.8 Å². The minimum absolute atomic E-state index is 0.00695. The first-order chi connectivity index (χ1) is 14.5. The van der Waals surface area contributed by atoms with Gasteiger partial charge in [-0.1, -0.05) is 13.0 Å². The molecule has 0 aromatic carbocycles. The van der Waals surface area contributed by atoms with Gasteiger partial charge in [-0.05, 0) is 52.9 Å². The molecule has 5 atom stereocenters. The van der Waals surface area contributed by atoms with E-state index in [1.54, 1.807) is 11.0 Å². The maximum atomic E-state index is 14.0. The van der Waals surface area contributed by atoms with E-state index in [0.29, 0.717) is 38.6 Å². The molecule has 0 radical (unpaired) electrons. The number of amides is 2. The topological polar surface area (TPSA) is 107 Å². The molecule has 1 spiro atoms. The molecule has 8 heteroatoms. The highest BCUT2D eigenvalue weighted by Crippen LogP contribution is 2.64. The van der Waals surface area contributed by atoms with E-state index >= 15 is 0 Å². The number of carbonyl (C=O) groups is 3. The fourth-order valence-electron chi connectivity index (χ4n) is 5.98. The van der Waals surface area contributed by atoms with Crippen LogP contribution in [0.4, 0.5) is 0 Å². The van der Waals surface area contributed by atoms with E-state index in [-0.39, 0.29) is 25.0 Å². The van der Waals surface area contributed by atoms with Gasteiger partial charge in [-0.2, -0.15) is 0 Å². The van der Waals surface area contributed by atoms with Crippen LogP contribution in [0.25, 0.3) is 0 Å². The van der Waals surface area contributed by atoms with Gasteiger partial charge in [0.2, 0.25) is 11.8 Å². The van der Waals surface area contributed by atoms with Crippen LogP contribution in [-0.4, -0.2) is 80.3 Å². The predicted molar refractivity (Wildman–Crippen MR) is 114 cm³/mol. The molecular weight excluding hydrogens is 400 g/mol. The van der Waals surface area contributed by atoms with Crippen molar-refractivity contribution in [2.24, 2.45) is 11.8 Å². The monoisotopic (exact) mass is 436 g/mol. The molecule has 31 heavy (non-hydrogen) atoms. The summed E-state index contributed by atoms with van der Waals surface area (Å²) in [7, 11) is 0. The number of aliphatic hydroxyl groups excluding tert-OH is 1. The Hall–Kier alpha value is -1.93. The number of carboxylic acids is 1. The van der Waals surface area contributed by atoms with E-state index in [1.165, 1.54) is 4.90 Å². The first-order valence-corrected chi connectivity index (χ1v) is 11.3. The van der Waals surface area contributed by atoms with Gasteiger partial charge >= 0.3 is 5.97 Å². The number of rotatable bonds is 9. The van der Waals surface area contributed by atoms with Crippen molar-refractivity contribution in [2.45, 2.75) is 82.6 Å². The summed E-state index contributed by atoms with van der Waals surface area (Å²) in [4.78, 5) is 43.1. The molecule has 2 amide bonds. The molecule has 0 aliphatic carbocycles. The second-order valence-electron chi connectivity index (χ2n) is 10.0. The summed E-state index contributed by atoms with van der Waals surface area (Å²) in [6.07, 6.45) is 4.18. The Morgan fingerprint density at radius 1 is 1.32 bits per heavy atom. The van der Waals surface area contributed by atoms with Crippen LogP contribution in [0, 0.1) is 11.8 Å². The number of aliphatic carboxylic acids is 1. The fraction of sp³-hybridized carbons (Fsp3) is 0.783. The first kappa shape index (κ1) is 23.7. The van der Waals surface area contributed by atoms with Gasteiger partial charge in [0.1, 0.15) is 17.6 Å². The number of carbonyl (C=O) groups excluding carboxylic acids is 2. The van der Waals surface area contributed by atoms with E-state index in [9.17, 15) is 24.6 Å². The van der Waals surface area contributed by atoms with Crippen molar-refractivity contribution in [3.63, 3.8) is 0 Å². The number of hydrogen-bond acceptors (Lipinski definition) is 5. The number of ether oxygens (including phenoxy) is 1. The van der Waals surface area contributed by atoms with Crippen LogP contribution in [0.3, 0.4) is 0 Å². The number of unbranched alkanes of at least 4 members (excludes halogenated alkanes) is 1. The maximum Gasteiger partial charge on any atom is 0.310 e. The van der Waals surface area contributed by atoms with Crippen molar-refractivity contribution in [3.8, 4) is 0 Å². The number of fused-ring (bicyclic) bond motifs is 1. The van der Waals surface area contributed by atoms with Crippen LogP contribution < -0.4 is 0 Å². The van der Waals surface area contributed by atoms with Crippen LogP contribution >= 0.6 is 0 Å². The summed E-state index contributed by atoms with van der Waals surface area (Å²) in [5, 5.41) is 19.2. The standard InChI is InChI=1S/C23H36N2O6/c1-6-12-25(21(3,4)5)19(28)17-23-11-10-22(7-2,31-23)16(20(29)30)15(23)18(27)24(17)13-8-9-14-26/h6,15-17,26H,1,7-14H2,2-5H3,(H,29,30)/t15-,16-,17?,22+,23?/m0/s1. The molecule has 0 saturated carbocycles. The first-order valence-electron chi connectivity index (χ1n) is 11.3. The summed E-state index contributed by atoms with van der Waals surface area (Å²) in [6.45, 7) is 12.0. The van der Waals surface area contributed by atoms with Gasteiger partial charge in [0.25, 0.3) is 0 Å². The van der Waals surface area contributed by atoms with Crippen LogP contribution in [0.2, 0.25) is 0 Å². The Morgan fingerprint density at radius 3 is 2.52 bits per heavy atom. The Bertz CT molecular complexity index is 762. The third-order valence-electron chi connectivity index (χ3n) is 7.38. The smallest absolute Gasteiger partial charge is 0.310 e. The van der Waals surface area contributed by atoms with E-state index in [1.807, 2.05) is 27.7 Å². The zero-order chi connectivity index (χ0) is 23.2. The second-order valence-corrected chi connectivity index (χ2v) is 10.0. The van der Waals surface area contributed by atoms with Crippen LogP contribution in [0.5, 0.6) is 0 Å². The van der Waals surface area contributed by atoms with E-state index < -0.39 is 40.6 Å². The molecule has 0 aromatic heterocycles. The summed E-state index contributed by atoms with van der Waals surface area (Å²) in [5.41, 5.74) is -2.55. The average Bonchev–Trinajstić information content (AvgIpc) is 3.29. The van der Waals surface area contributed by atoms with Crippen molar-refractivity contribution in [3.05, 3.63) is 12.7 Å². The van der Waals surface area contributed by atoms with Gasteiger partial charge in [0.05, 0.1) is 11.5 Å². The third kappa shape index (κ3) is 3.48. The average molecular weight is 437 g/mol. The van der Waals surface area contributed by atoms with Crippen molar-refractivity contribution < 1.29 is 29.3 Å². The van der Waals surface area contributed by atoms with E-state index in [0.717, 1.165) is 0 Å². The Kier molecular flexibility index (Phi) is 6.28. The van der Waals surface area contributed by atoms with Gasteiger partial charge < -0.3 is 24.7 Å². The number of carboxylic acid groups (broad SMARTS) is 1. The largest absolute Gasteiger partial charge is 0.481 e. The SMILES string of the molecule is C=CCN(C(=O)C1N(CCCCO)C(=O)[C@@H]2[C@@H](C(=O)O)[C@@]3(CC)CCC12O3)C(C)(C)C. The minimum atomic E-state index is -1.13. The van der Waals surface area contributed by atoms with Gasteiger partial charge in [-0.15, -0.1) is 6.58 Å². The van der Waals surface area contributed by atoms with Crippen LogP contribution in [0.1, 0.15) is 59.8 Å². The van der Waals surface area contributed by atoms with Crippen molar-refractivity contribution in [1.82, 2.24) is 9.80 Å². The second kappa shape index (κ2) is 8.20. The lowest BCUT2D eigenvalue weighted by Crippen LogP contribution is -2.60. The summed E-state index contributed by atoms with van der Waals surface area (Å²) in [6, 6.07) is -0.874. The zero-order valence-electron chi connectivity index (χ0n) is 19.1. The van der Waals surface area contributed by atoms with Gasteiger partial charge in [-0.25, -0.2) is 0 Å². The molecule has 3 rings (SSSR count). The summed E-state index contributed by atoms with van der Waals surface area (Å²) < 4.78 is 6.51. The minimum Gasteiger partial charge on any atom is -0.481 e. The van der Waals surface area contributed by atoms with Crippen LogP contribution in [0.15, 0.2) is 12.7 Å². The van der Waals surface area contributed by atoms with Crippen LogP contribution in [-0.2, 0) is 19.1 Å². The van der Waals surface area contributed by atoms with Crippen molar-refractivity contribution in [2.75, 3.05) is 19.7 Å². The van der Waals surface area contributed by atoms with Gasteiger partial charge in [0.15, 0.2) is 0 Å². The van der Waals surface area contributed by atoms with Crippen molar-refractivity contribution in [1.29, 1.82) is 0 Å². The molecule has 2 bridgehead atoms. The Labute approximate surface area is 184 Å². The molecule has 3 heterocycles. The maximum absolute atomic E-state index is 14.0. The lowest BCUT2D eigenvalue weighted by atomic mass is 9.65. The molecule has 174 valence electrons. The normalized spacial score (nSPS) is 34.2. The highest BCUT2D eigenvalue weighted by molar-refractivity contribution is 5.98. The number of likely N-dealkylation sites (tertiary alicyclic amines) is 1. The lowest BCUT2D eigenvalue weighted by Gasteiger charge is -2.42. The molecule has 3 aliphatic rings. The van der Waals surface area contributed by atoms with Gasteiger partial charge in [0, 0.05) is 25.2 Å². The molecule has 0 aromatic rings. The molecule has 3 aliphatic heterocycles. The lowest BCUT2D eigenvalue weighted by molar-refractivity contribution is -0.159. The summed E-state index contributed by atoms with van der Waals surface area (Å²) in [5.74, 6) is -3.41. The Morgan fingerprint density at radius 2 is 2.00 bits per heavy atom. The molecule has 8 nitrogen and oxygen atoms in total. The quantitative estimate of drug-likeness (QED) is 0.422. The fourth-order valence-corrected chi connectivity index (χ4v) is 5.98. The number of nitrogens with zero attached hydrogens (tertiary/aromatic N) is 2. The predicted octanol–water partition coefficient (Wildman–Crippen LogP) is 1.81. The Balaban J connectivity index is 2.09. The van der Waals surface area contributed by atoms with E-state index in [2.05, 4.69) is 6.58 Å². The molecule has 2 unspecified atom stereocenters. The molecule has 3 saturated heterocycles. The molecular formula is C23H36N2O6.